The standard InChI is InChI=1S/C20H25N3O5S/c1-3-17(22-11-10-15-6-4-5-7-16(15)14-22)13-21-29(26,27)20-9-8-18(23(24)25)12-19(20)28-2/h4-9,12,17,21H,3,10-11,13-14H2,1-2H3. The SMILES string of the molecule is CCC(CNS(=O)(=O)c1ccc([N+](=O)[O-])cc1OC)N1CCc2ccccc2C1. The lowest BCUT2D eigenvalue weighted by molar-refractivity contribution is -0.385. The van der Waals surface area contributed by atoms with E-state index in [9.17, 15) is 18.5 Å². The van der Waals surface area contributed by atoms with Crippen molar-refractivity contribution in [1.29, 1.82) is 0 Å². The molecule has 9 heteroatoms. The molecule has 1 aliphatic rings. The van der Waals surface area contributed by atoms with Crippen molar-refractivity contribution < 1.29 is 18.1 Å². The topological polar surface area (TPSA) is 102 Å². The number of nitro benzene ring substituents is 1. The molecule has 0 amide bonds. The maximum Gasteiger partial charge on any atom is 0.273 e. The zero-order chi connectivity index (χ0) is 21.0. The summed E-state index contributed by atoms with van der Waals surface area (Å²) < 4.78 is 33.4. The summed E-state index contributed by atoms with van der Waals surface area (Å²) in [5.41, 5.74) is 2.39. The van der Waals surface area contributed by atoms with Gasteiger partial charge in [0.25, 0.3) is 5.69 Å². The number of nitrogens with one attached hydrogen (secondary N) is 1. The molecular weight excluding hydrogens is 394 g/mol. The molecule has 0 aromatic heterocycles. The Morgan fingerprint density at radius 3 is 2.62 bits per heavy atom. The molecule has 3 rings (SSSR count). The molecule has 1 heterocycles. The van der Waals surface area contributed by atoms with Crippen LogP contribution in [0.4, 0.5) is 5.69 Å². The molecule has 0 fully saturated rings. The number of hydrogen-bond acceptors (Lipinski definition) is 6. The average molecular weight is 420 g/mol. The predicted molar refractivity (Wildman–Crippen MR) is 109 cm³/mol. The monoisotopic (exact) mass is 419 g/mol. The summed E-state index contributed by atoms with van der Waals surface area (Å²) >= 11 is 0. The van der Waals surface area contributed by atoms with Crippen LogP contribution in [0.15, 0.2) is 47.4 Å². The van der Waals surface area contributed by atoms with Crippen molar-refractivity contribution in [1.82, 2.24) is 9.62 Å². The van der Waals surface area contributed by atoms with E-state index in [1.807, 2.05) is 19.1 Å². The van der Waals surface area contributed by atoms with Gasteiger partial charge >= 0.3 is 0 Å². The molecule has 0 bridgehead atoms. The van der Waals surface area contributed by atoms with Gasteiger partial charge in [-0.25, -0.2) is 13.1 Å². The molecule has 0 radical (unpaired) electrons. The maximum atomic E-state index is 12.8. The van der Waals surface area contributed by atoms with Crippen LogP contribution in [0.1, 0.15) is 24.5 Å². The van der Waals surface area contributed by atoms with Gasteiger partial charge < -0.3 is 4.74 Å². The third-order valence-electron chi connectivity index (χ3n) is 5.30. The van der Waals surface area contributed by atoms with E-state index in [1.165, 1.54) is 24.3 Å². The van der Waals surface area contributed by atoms with Crippen molar-refractivity contribution in [3.05, 3.63) is 63.7 Å². The zero-order valence-corrected chi connectivity index (χ0v) is 17.3. The molecule has 0 saturated carbocycles. The van der Waals surface area contributed by atoms with Gasteiger partial charge in [0, 0.05) is 31.7 Å². The summed E-state index contributed by atoms with van der Waals surface area (Å²) in [4.78, 5) is 12.5. The average Bonchev–Trinajstić information content (AvgIpc) is 2.73. The first-order valence-electron chi connectivity index (χ1n) is 9.48. The van der Waals surface area contributed by atoms with E-state index in [0.29, 0.717) is 0 Å². The lowest BCUT2D eigenvalue weighted by Crippen LogP contribution is -2.45. The second kappa shape index (κ2) is 8.89. The van der Waals surface area contributed by atoms with Crippen LogP contribution in [0.5, 0.6) is 5.75 Å². The van der Waals surface area contributed by atoms with E-state index in [4.69, 9.17) is 4.74 Å². The van der Waals surface area contributed by atoms with E-state index in [1.54, 1.807) is 0 Å². The Morgan fingerprint density at radius 2 is 1.97 bits per heavy atom. The molecule has 1 atom stereocenters. The van der Waals surface area contributed by atoms with Crippen LogP contribution in [0.25, 0.3) is 0 Å². The van der Waals surface area contributed by atoms with Gasteiger partial charge in [0.05, 0.1) is 18.1 Å². The van der Waals surface area contributed by atoms with E-state index in [0.717, 1.165) is 38.1 Å². The highest BCUT2D eigenvalue weighted by Crippen LogP contribution is 2.28. The zero-order valence-electron chi connectivity index (χ0n) is 16.5. The largest absolute Gasteiger partial charge is 0.495 e. The van der Waals surface area contributed by atoms with Crippen LogP contribution in [-0.4, -0.2) is 44.5 Å². The summed E-state index contributed by atoms with van der Waals surface area (Å²) in [6.07, 6.45) is 1.73. The van der Waals surface area contributed by atoms with Gasteiger partial charge in [-0.05, 0) is 30.0 Å². The van der Waals surface area contributed by atoms with Crippen molar-refractivity contribution in [2.75, 3.05) is 20.2 Å². The minimum Gasteiger partial charge on any atom is -0.495 e. The highest BCUT2D eigenvalue weighted by Gasteiger charge is 2.26. The number of non-ortho nitro benzene ring substituents is 1. The highest BCUT2D eigenvalue weighted by atomic mass is 32.2. The second-order valence-corrected chi connectivity index (χ2v) is 8.73. The Balaban J connectivity index is 1.73. The van der Waals surface area contributed by atoms with Crippen molar-refractivity contribution in [2.24, 2.45) is 0 Å². The summed E-state index contributed by atoms with van der Waals surface area (Å²) in [6, 6.07) is 11.8. The summed E-state index contributed by atoms with van der Waals surface area (Å²) in [5, 5.41) is 10.9. The van der Waals surface area contributed by atoms with Crippen LogP contribution >= 0.6 is 0 Å². The van der Waals surface area contributed by atoms with Gasteiger partial charge in [0.15, 0.2) is 0 Å². The van der Waals surface area contributed by atoms with Crippen LogP contribution in [0.2, 0.25) is 0 Å². The molecule has 0 saturated heterocycles. The van der Waals surface area contributed by atoms with Crippen molar-refractivity contribution >= 4 is 15.7 Å². The molecule has 0 spiro atoms. The van der Waals surface area contributed by atoms with Crippen LogP contribution in [0, 0.1) is 10.1 Å². The number of sulfonamides is 1. The number of hydrogen-bond donors (Lipinski definition) is 1. The molecule has 2 aromatic carbocycles. The molecule has 1 unspecified atom stereocenters. The fourth-order valence-electron chi connectivity index (χ4n) is 3.64. The molecule has 2 aromatic rings. The number of ether oxygens (including phenoxy) is 1. The Labute approximate surface area is 170 Å². The summed E-state index contributed by atoms with van der Waals surface area (Å²) in [5.74, 6) is -0.0494. The Morgan fingerprint density at radius 1 is 1.24 bits per heavy atom. The molecular formula is C20H25N3O5S. The first-order valence-corrected chi connectivity index (χ1v) is 11.0. The lowest BCUT2D eigenvalue weighted by Gasteiger charge is -2.35. The number of nitrogens with zero attached hydrogens (tertiary/aromatic N) is 2. The van der Waals surface area contributed by atoms with Crippen LogP contribution in [0.3, 0.4) is 0 Å². The van der Waals surface area contributed by atoms with Crippen molar-refractivity contribution in [3.63, 3.8) is 0 Å². The maximum absolute atomic E-state index is 12.8. The van der Waals surface area contributed by atoms with Crippen LogP contribution in [-0.2, 0) is 23.0 Å². The van der Waals surface area contributed by atoms with Crippen molar-refractivity contribution in [3.8, 4) is 5.75 Å². The number of nitro groups is 1. The summed E-state index contributed by atoms with van der Waals surface area (Å²) in [7, 11) is -2.58. The number of benzene rings is 2. The number of rotatable bonds is 8. The second-order valence-electron chi connectivity index (χ2n) is 7.00. The highest BCUT2D eigenvalue weighted by molar-refractivity contribution is 7.89. The van der Waals surface area contributed by atoms with Crippen molar-refractivity contribution in [2.45, 2.75) is 37.2 Å². The molecule has 29 heavy (non-hydrogen) atoms. The Hall–Kier alpha value is -2.49. The normalized spacial score (nSPS) is 15.5. The molecule has 1 N–H and O–H groups in total. The third kappa shape index (κ3) is 4.75. The lowest BCUT2D eigenvalue weighted by atomic mass is 9.98. The number of methoxy groups -OCH3 is 1. The fourth-order valence-corrected chi connectivity index (χ4v) is 4.86. The van der Waals surface area contributed by atoms with E-state index in [2.05, 4.69) is 21.8 Å². The first-order chi connectivity index (χ1) is 13.9. The van der Waals surface area contributed by atoms with E-state index in [-0.39, 0.29) is 28.9 Å². The van der Waals surface area contributed by atoms with E-state index >= 15 is 0 Å². The van der Waals surface area contributed by atoms with Gasteiger partial charge in [-0.2, -0.15) is 0 Å². The van der Waals surface area contributed by atoms with Gasteiger partial charge in [-0.3, -0.25) is 15.0 Å². The Bertz CT molecular complexity index is 993. The minimum absolute atomic E-state index is 0.0437. The first kappa shape index (κ1) is 21.2. The smallest absolute Gasteiger partial charge is 0.273 e. The molecule has 0 aliphatic carbocycles. The number of fused-ring (bicyclic) bond motifs is 1. The van der Waals surface area contributed by atoms with Gasteiger partial charge in [0.2, 0.25) is 10.0 Å². The molecule has 156 valence electrons. The van der Waals surface area contributed by atoms with Gasteiger partial charge in [0.1, 0.15) is 10.6 Å². The predicted octanol–water partition coefficient (Wildman–Crippen LogP) is 2.72. The van der Waals surface area contributed by atoms with Crippen LogP contribution < -0.4 is 9.46 Å². The quantitative estimate of drug-likeness (QED) is 0.521. The minimum atomic E-state index is -3.87. The van der Waals surface area contributed by atoms with Gasteiger partial charge in [-0.15, -0.1) is 0 Å². The van der Waals surface area contributed by atoms with Gasteiger partial charge in [-0.1, -0.05) is 31.2 Å². The summed E-state index contributed by atoms with van der Waals surface area (Å²) in [6.45, 7) is 3.95. The molecule has 8 nitrogen and oxygen atoms in total. The Kier molecular flexibility index (Phi) is 6.51. The molecule has 1 aliphatic heterocycles. The third-order valence-corrected chi connectivity index (χ3v) is 6.77. The fraction of sp³-hybridized carbons (Fsp3) is 0.400. The van der Waals surface area contributed by atoms with E-state index < -0.39 is 14.9 Å².